The van der Waals surface area contributed by atoms with E-state index in [0.717, 1.165) is 12.2 Å². The van der Waals surface area contributed by atoms with Crippen LogP contribution in [0.15, 0.2) is 42.5 Å². The molecule has 0 saturated carbocycles. The SMILES string of the molecule is CCOC(CN)CCOc1ccc2ccccc2c1. The van der Waals surface area contributed by atoms with Crippen molar-refractivity contribution in [3.05, 3.63) is 42.5 Å². The Kier molecular flexibility index (Phi) is 5.19. The molecule has 1 atom stereocenters. The number of nitrogens with two attached hydrogens (primary N) is 1. The lowest BCUT2D eigenvalue weighted by atomic mass is 10.1. The molecule has 102 valence electrons. The maximum absolute atomic E-state index is 5.76. The molecule has 2 aromatic rings. The molecule has 0 radical (unpaired) electrons. The number of hydrogen-bond donors (Lipinski definition) is 1. The molecule has 0 aliphatic carbocycles. The van der Waals surface area contributed by atoms with Gasteiger partial charge in [-0.1, -0.05) is 30.3 Å². The number of ether oxygens (including phenoxy) is 2. The summed E-state index contributed by atoms with van der Waals surface area (Å²) < 4.78 is 11.3. The Morgan fingerprint density at radius 3 is 2.63 bits per heavy atom. The third-order valence-corrected chi connectivity index (χ3v) is 3.09. The van der Waals surface area contributed by atoms with Gasteiger partial charge in [-0.05, 0) is 29.8 Å². The Morgan fingerprint density at radius 1 is 1.11 bits per heavy atom. The lowest BCUT2D eigenvalue weighted by Crippen LogP contribution is -2.25. The number of fused-ring (bicyclic) bond motifs is 1. The summed E-state index contributed by atoms with van der Waals surface area (Å²) in [7, 11) is 0. The highest BCUT2D eigenvalue weighted by atomic mass is 16.5. The summed E-state index contributed by atoms with van der Waals surface area (Å²) in [6.45, 7) is 3.83. The Hall–Kier alpha value is -1.58. The van der Waals surface area contributed by atoms with Crippen LogP contribution in [0.1, 0.15) is 13.3 Å². The zero-order valence-corrected chi connectivity index (χ0v) is 11.3. The summed E-state index contributed by atoms with van der Waals surface area (Å²) in [5.41, 5.74) is 5.63. The molecule has 3 heteroatoms. The molecule has 2 aromatic carbocycles. The van der Waals surface area contributed by atoms with E-state index in [1.807, 2.05) is 25.1 Å². The predicted octanol–water partition coefficient (Wildman–Crippen LogP) is 2.97. The van der Waals surface area contributed by atoms with Gasteiger partial charge in [-0.2, -0.15) is 0 Å². The van der Waals surface area contributed by atoms with Crippen molar-refractivity contribution >= 4 is 10.8 Å². The largest absolute Gasteiger partial charge is 0.493 e. The maximum atomic E-state index is 5.76. The Labute approximate surface area is 114 Å². The molecule has 0 saturated heterocycles. The van der Waals surface area contributed by atoms with Crippen molar-refractivity contribution < 1.29 is 9.47 Å². The van der Waals surface area contributed by atoms with Crippen molar-refractivity contribution in [3.63, 3.8) is 0 Å². The number of hydrogen-bond acceptors (Lipinski definition) is 3. The van der Waals surface area contributed by atoms with Crippen LogP contribution in [0.5, 0.6) is 5.75 Å². The zero-order valence-electron chi connectivity index (χ0n) is 11.3. The summed E-state index contributed by atoms with van der Waals surface area (Å²) in [6.07, 6.45) is 0.905. The zero-order chi connectivity index (χ0) is 13.5. The molecule has 0 fully saturated rings. The smallest absolute Gasteiger partial charge is 0.119 e. The first-order valence-corrected chi connectivity index (χ1v) is 6.76. The van der Waals surface area contributed by atoms with Gasteiger partial charge in [0.15, 0.2) is 0 Å². The number of rotatable bonds is 7. The topological polar surface area (TPSA) is 44.5 Å². The summed E-state index contributed by atoms with van der Waals surface area (Å²) in [6, 6.07) is 14.4. The molecule has 2 N–H and O–H groups in total. The second-order valence-corrected chi connectivity index (χ2v) is 4.46. The number of benzene rings is 2. The molecule has 0 aromatic heterocycles. The molecule has 0 aliphatic heterocycles. The van der Waals surface area contributed by atoms with E-state index >= 15 is 0 Å². The van der Waals surface area contributed by atoms with Crippen molar-refractivity contribution in [2.45, 2.75) is 19.4 Å². The van der Waals surface area contributed by atoms with Gasteiger partial charge >= 0.3 is 0 Å². The molecule has 3 nitrogen and oxygen atoms in total. The third-order valence-electron chi connectivity index (χ3n) is 3.09. The average Bonchev–Trinajstić information content (AvgIpc) is 2.46. The van der Waals surface area contributed by atoms with E-state index in [1.54, 1.807) is 0 Å². The van der Waals surface area contributed by atoms with E-state index in [0.29, 0.717) is 19.8 Å². The van der Waals surface area contributed by atoms with E-state index in [9.17, 15) is 0 Å². The van der Waals surface area contributed by atoms with Gasteiger partial charge < -0.3 is 15.2 Å². The lowest BCUT2D eigenvalue weighted by Gasteiger charge is -2.15. The van der Waals surface area contributed by atoms with Gasteiger partial charge in [0.2, 0.25) is 0 Å². The van der Waals surface area contributed by atoms with Crippen molar-refractivity contribution in [1.82, 2.24) is 0 Å². The molecular weight excluding hydrogens is 238 g/mol. The van der Waals surface area contributed by atoms with Gasteiger partial charge in [-0.15, -0.1) is 0 Å². The first-order chi connectivity index (χ1) is 9.33. The minimum atomic E-state index is 0.0884. The summed E-state index contributed by atoms with van der Waals surface area (Å²) >= 11 is 0. The molecular formula is C16H21NO2. The van der Waals surface area contributed by atoms with Gasteiger partial charge in [-0.25, -0.2) is 0 Å². The summed E-state index contributed by atoms with van der Waals surface area (Å²) in [5, 5.41) is 2.42. The highest BCUT2D eigenvalue weighted by Crippen LogP contribution is 2.20. The van der Waals surface area contributed by atoms with Gasteiger partial charge in [0.25, 0.3) is 0 Å². The highest BCUT2D eigenvalue weighted by Gasteiger charge is 2.06. The fourth-order valence-corrected chi connectivity index (χ4v) is 2.07. The molecule has 0 aliphatic rings. The molecule has 0 heterocycles. The lowest BCUT2D eigenvalue weighted by molar-refractivity contribution is 0.0527. The van der Waals surface area contributed by atoms with E-state index in [4.69, 9.17) is 15.2 Å². The molecule has 1 unspecified atom stereocenters. The second kappa shape index (κ2) is 7.12. The van der Waals surface area contributed by atoms with E-state index in [1.165, 1.54) is 10.8 Å². The standard InChI is InChI=1S/C16H21NO2/c1-2-18-16(12-17)9-10-19-15-8-7-13-5-3-4-6-14(13)11-15/h3-8,11,16H,2,9-10,12,17H2,1H3. The fraction of sp³-hybridized carbons (Fsp3) is 0.375. The minimum Gasteiger partial charge on any atom is -0.493 e. The normalized spacial score (nSPS) is 12.5. The molecule has 0 bridgehead atoms. The molecule has 19 heavy (non-hydrogen) atoms. The van der Waals surface area contributed by atoms with Crippen molar-refractivity contribution in [1.29, 1.82) is 0 Å². The maximum Gasteiger partial charge on any atom is 0.119 e. The van der Waals surface area contributed by atoms with Crippen molar-refractivity contribution in [3.8, 4) is 5.75 Å². The van der Waals surface area contributed by atoms with E-state index in [2.05, 4.69) is 24.3 Å². The first kappa shape index (κ1) is 13.8. The Morgan fingerprint density at radius 2 is 1.89 bits per heavy atom. The quantitative estimate of drug-likeness (QED) is 0.831. The van der Waals surface area contributed by atoms with Gasteiger partial charge in [0.1, 0.15) is 5.75 Å². The molecule has 2 rings (SSSR count). The molecule has 0 amide bonds. The van der Waals surface area contributed by atoms with Crippen LogP contribution in [0.2, 0.25) is 0 Å². The van der Waals surface area contributed by atoms with Crippen molar-refractivity contribution in [2.24, 2.45) is 5.73 Å². The van der Waals surface area contributed by atoms with Gasteiger partial charge in [0, 0.05) is 19.6 Å². The molecule has 0 spiro atoms. The third kappa shape index (κ3) is 3.94. The van der Waals surface area contributed by atoms with E-state index in [-0.39, 0.29) is 6.10 Å². The predicted molar refractivity (Wildman–Crippen MR) is 78.5 cm³/mol. The van der Waals surface area contributed by atoms with Gasteiger partial charge in [0.05, 0.1) is 12.7 Å². The monoisotopic (exact) mass is 259 g/mol. The van der Waals surface area contributed by atoms with Crippen LogP contribution in [0.3, 0.4) is 0 Å². The highest BCUT2D eigenvalue weighted by molar-refractivity contribution is 5.83. The summed E-state index contributed by atoms with van der Waals surface area (Å²) in [4.78, 5) is 0. The fourth-order valence-electron chi connectivity index (χ4n) is 2.07. The van der Waals surface area contributed by atoms with Crippen molar-refractivity contribution in [2.75, 3.05) is 19.8 Å². The average molecular weight is 259 g/mol. The minimum absolute atomic E-state index is 0.0884. The van der Waals surface area contributed by atoms with Crippen LogP contribution in [0.4, 0.5) is 0 Å². The second-order valence-electron chi connectivity index (χ2n) is 4.46. The van der Waals surface area contributed by atoms with Crippen LogP contribution in [0.25, 0.3) is 10.8 Å². The van der Waals surface area contributed by atoms with Crippen LogP contribution in [-0.2, 0) is 4.74 Å². The van der Waals surface area contributed by atoms with Crippen LogP contribution >= 0.6 is 0 Å². The Balaban J connectivity index is 1.90. The van der Waals surface area contributed by atoms with Crippen LogP contribution < -0.4 is 10.5 Å². The Bertz CT molecular complexity index is 513. The summed E-state index contributed by atoms with van der Waals surface area (Å²) in [5.74, 6) is 0.894. The van der Waals surface area contributed by atoms with Crippen LogP contribution in [0, 0.1) is 0 Å². The first-order valence-electron chi connectivity index (χ1n) is 6.76. The van der Waals surface area contributed by atoms with E-state index < -0.39 is 0 Å². The van der Waals surface area contributed by atoms with Gasteiger partial charge in [-0.3, -0.25) is 0 Å². The van der Waals surface area contributed by atoms with Crippen LogP contribution in [-0.4, -0.2) is 25.9 Å².